The molecular weight excluding hydrogens is 203 g/mol. The number of rotatable bonds is 3. The van der Waals surface area contributed by atoms with E-state index in [1.54, 1.807) is 6.07 Å². The van der Waals surface area contributed by atoms with Gasteiger partial charge in [0.1, 0.15) is 0 Å². The largest absolute Gasteiger partial charge is 0.385 e. The second-order valence-corrected chi connectivity index (χ2v) is 5.74. The zero-order valence-corrected chi connectivity index (χ0v) is 10.3. The van der Waals surface area contributed by atoms with Crippen LogP contribution in [-0.2, 0) is 0 Å². The first-order valence-electron chi connectivity index (χ1n) is 5.71. The highest BCUT2D eigenvalue weighted by atomic mass is 19.1. The van der Waals surface area contributed by atoms with Gasteiger partial charge in [0.2, 0.25) is 5.95 Å². The number of pyridine rings is 1. The lowest BCUT2D eigenvalue weighted by atomic mass is 10.0. The quantitative estimate of drug-likeness (QED) is 0.794. The van der Waals surface area contributed by atoms with Gasteiger partial charge < -0.3 is 5.32 Å². The fraction of sp³-hybridized carbons (Fsp3) is 0.615. The van der Waals surface area contributed by atoms with Gasteiger partial charge in [0.25, 0.3) is 0 Å². The van der Waals surface area contributed by atoms with Gasteiger partial charge >= 0.3 is 0 Å². The second-order valence-electron chi connectivity index (χ2n) is 5.74. The predicted molar refractivity (Wildman–Crippen MR) is 63.7 cm³/mol. The lowest BCUT2D eigenvalue weighted by molar-refractivity contribution is 0.457. The molecule has 1 saturated carbocycles. The van der Waals surface area contributed by atoms with Crippen molar-refractivity contribution in [1.29, 1.82) is 0 Å². The van der Waals surface area contributed by atoms with Crippen LogP contribution in [0.4, 0.5) is 10.1 Å². The summed E-state index contributed by atoms with van der Waals surface area (Å²) in [6.07, 6.45) is 1.49. The van der Waals surface area contributed by atoms with E-state index in [9.17, 15) is 4.39 Å². The fourth-order valence-corrected chi connectivity index (χ4v) is 2.58. The summed E-state index contributed by atoms with van der Waals surface area (Å²) in [5, 5.41) is 3.28. The second kappa shape index (κ2) is 3.44. The topological polar surface area (TPSA) is 24.9 Å². The molecule has 0 unspecified atom stereocenters. The third kappa shape index (κ3) is 1.68. The van der Waals surface area contributed by atoms with Gasteiger partial charge in [-0.1, -0.05) is 27.7 Å². The Labute approximate surface area is 96.3 Å². The van der Waals surface area contributed by atoms with Crippen molar-refractivity contribution in [3.8, 4) is 0 Å². The Kier molecular flexibility index (Phi) is 2.44. The van der Waals surface area contributed by atoms with Gasteiger partial charge in [0.15, 0.2) is 0 Å². The van der Waals surface area contributed by atoms with Gasteiger partial charge in [0.05, 0.1) is 0 Å². The van der Waals surface area contributed by atoms with Gasteiger partial charge in [0, 0.05) is 24.5 Å². The Bertz CT molecular complexity index is 385. The molecule has 0 amide bonds. The van der Waals surface area contributed by atoms with Crippen LogP contribution in [0.1, 0.15) is 27.7 Å². The van der Waals surface area contributed by atoms with Crippen molar-refractivity contribution in [1.82, 2.24) is 4.98 Å². The molecule has 0 atom stereocenters. The number of halogens is 1. The molecule has 1 aliphatic carbocycles. The minimum absolute atomic E-state index is 0.367. The molecule has 16 heavy (non-hydrogen) atoms. The average molecular weight is 222 g/mol. The van der Waals surface area contributed by atoms with Gasteiger partial charge in [-0.3, -0.25) is 0 Å². The minimum Gasteiger partial charge on any atom is -0.385 e. The molecule has 1 aliphatic rings. The molecule has 1 heterocycles. The summed E-state index contributed by atoms with van der Waals surface area (Å²) >= 11 is 0. The van der Waals surface area contributed by atoms with Crippen molar-refractivity contribution < 1.29 is 4.39 Å². The van der Waals surface area contributed by atoms with Crippen molar-refractivity contribution in [3.05, 3.63) is 24.3 Å². The van der Waals surface area contributed by atoms with Crippen LogP contribution < -0.4 is 5.32 Å². The molecule has 2 rings (SSSR count). The molecule has 1 aromatic heterocycles. The van der Waals surface area contributed by atoms with Crippen LogP contribution in [0.2, 0.25) is 0 Å². The van der Waals surface area contributed by atoms with Crippen LogP contribution >= 0.6 is 0 Å². The summed E-state index contributed by atoms with van der Waals surface area (Å²) in [5.41, 5.74) is 1.54. The number of anilines is 1. The maximum absolute atomic E-state index is 12.9. The molecule has 1 aromatic rings. The van der Waals surface area contributed by atoms with E-state index in [2.05, 4.69) is 38.0 Å². The average Bonchev–Trinajstić information content (AvgIpc) is 2.55. The van der Waals surface area contributed by atoms with Crippen molar-refractivity contribution in [2.24, 2.45) is 16.7 Å². The summed E-state index contributed by atoms with van der Waals surface area (Å²) in [6, 6.07) is 3.23. The Morgan fingerprint density at radius 2 is 1.94 bits per heavy atom. The lowest BCUT2D eigenvalue weighted by Gasteiger charge is -2.07. The van der Waals surface area contributed by atoms with E-state index in [0.29, 0.717) is 16.7 Å². The molecule has 0 aliphatic heterocycles. The maximum Gasteiger partial charge on any atom is 0.214 e. The van der Waals surface area contributed by atoms with Crippen molar-refractivity contribution in [2.75, 3.05) is 11.9 Å². The summed E-state index contributed by atoms with van der Waals surface area (Å²) in [6.45, 7) is 10.0. The van der Waals surface area contributed by atoms with E-state index in [-0.39, 0.29) is 0 Å². The van der Waals surface area contributed by atoms with E-state index < -0.39 is 5.95 Å². The van der Waals surface area contributed by atoms with E-state index >= 15 is 0 Å². The van der Waals surface area contributed by atoms with Crippen molar-refractivity contribution >= 4 is 5.69 Å². The standard InChI is InChI=1S/C13H19FN2/c1-12(2)10(13(12,3)4)8-16-9-5-6-15-11(14)7-9/h5-7,10H,8H2,1-4H3,(H,15,16). The third-order valence-corrected chi connectivity index (χ3v) is 4.56. The van der Waals surface area contributed by atoms with Crippen LogP contribution in [0.25, 0.3) is 0 Å². The predicted octanol–water partition coefficient (Wildman–Crippen LogP) is 3.31. The van der Waals surface area contributed by atoms with Crippen molar-refractivity contribution in [2.45, 2.75) is 27.7 Å². The molecule has 0 saturated heterocycles. The summed E-state index contributed by atoms with van der Waals surface area (Å²) in [7, 11) is 0. The number of nitrogens with zero attached hydrogens (tertiary/aromatic N) is 1. The van der Waals surface area contributed by atoms with Gasteiger partial charge in [-0.2, -0.15) is 4.39 Å². The number of aromatic nitrogens is 1. The van der Waals surface area contributed by atoms with Crippen molar-refractivity contribution in [3.63, 3.8) is 0 Å². The number of nitrogens with one attached hydrogen (secondary N) is 1. The van der Waals surface area contributed by atoms with Crippen LogP contribution in [0.3, 0.4) is 0 Å². The molecular formula is C13H19FN2. The first kappa shape index (κ1) is 11.4. The Morgan fingerprint density at radius 3 is 2.44 bits per heavy atom. The highest BCUT2D eigenvalue weighted by Gasteiger charge is 2.63. The van der Waals surface area contributed by atoms with Crippen LogP contribution in [0, 0.1) is 22.7 Å². The van der Waals surface area contributed by atoms with Crippen LogP contribution in [0.5, 0.6) is 0 Å². The Hall–Kier alpha value is -1.12. The summed E-state index contributed by atoms with van der Waals surface area (Å²) in [5.74, 6) is 0.204. The van der Waals surface area contributed by atoms with Crippen LogP contribution in [-0.4, -0.2) is 11.5 Å². The first-order chi connectivity index (χ1) is 7.35. The van der Waals surface area contributed by atoms with E-state index in [1.807, 2.05) is 0 Å². The van der Waals surface area contributed by atoms with E-state index in [4.69, 9.17) is 0 Å². The molecule has 0 spiro atoms. The fourth-order valence-electron chi connectivity index (χ4n) is 2.58. The van der Waals surface area contributed by atoms with Gasteiger partial charge in [-0.25, -0.2) is 4.98 Å². The Morgan fingerprint density at radius 1 is 1.31 bits per heavy atom. The Balaban J connectivity index is 1.95. The molecule has 0 radical (unpaired) electrons. The zero-order valence-electron chi connectivity index (χ0n) is 10.3. The SMILES string of the molecule is CC1(C)C(CNc2ccnc(F)c2)C1(C)C. The van der Waals surface area contributed by atoms with E-state index in [1.165, 1.54) is 12.3 Å². The minimum atomic E-state index is -0.431. The molecule has 1 fully saturated rings. The third-order valence-electron chi connectivity index (χ3n) is 4.56. The van der Waals surface area contributed by atoms with Gasteiger partial charge in [-0.05, 0) is 22.8 Å². The normalized spacial score (nSPS) is 21.8. The molecule has 3 heteroatoms. The van der Waals surface area contributed by atoms with Crippen LogP contribution in [0.15, 0.2) is 18.3 Å². The highest BCUT2D eigenvalue weighted by Crippen LogP contribution is 2.68. The molecule has 2 nitrogen and oxygen atoms in total. The summed E-state index contributed by atoms with van der Waals surface area (Å²) in [4.78, 5) is 3.53. The summed E-state index contributed by atoms with van der Waals surface area (Å²) < 4.78 is 12.9. The molecule has 1 N–H and O–H groups in total. The number of hydrogen-bond acceptors (Lipinski definition) is 2. The molecule has 0 aromatic carbocycles. The maximum atomic E-state index is 12.9. The number of hydrogen-bond donors (Lipinski definition) is 1. The molecule has 88 valence electrons. The zero-order chi connectivity index (χ0) is 12.0. The first-order valence-corrected chi connectivity index (χ1v) is 5.71. The monoisotopic (exact) mass is 222 g/mol. The van der Waals surface area contributed by atoms with Gasteiger partial charge in [-0.15, -0.1) is 0 Å². The smallest absolute Gasteiger partial charge is 0.214 e. The lowest BCUT2D eigenvalue weighted by Crippen LogP contribution is -2.08. The van der Waals surface area contributed by atoms with E-state index in [0.717, 1.165) is 12.2 Å². The highest BCUT2D eigenvalue weighted by molar-refractivity contribution is 5.41. The molecule has 0 bridgehead atoms.